The van der Waals surface area contributed by atoms with Crippen LogP contribution < -0.4 is 0 Å². The van der Waals surface area contributed by atoms with E-state index in [0.29, 0.717) is 11.8 Å². The average Bonchev–Trinajstić information content (AvgIpc) is 2.20. The van der Waals surface area contributed by atoms with Crippen LogP contribution in [0.15, 0.2) is 18.2 Å². The number of phenolic OH excluding ortho intramolecular Hbond substituents is 1. The standard InChI is InChI=1S/C10H7NO4/c12-6-2-1-3-8-4-5-10(13)9(7-8)11(14)15/h4-7,13H,2H2. The summed E-state index contributed by atoms with van der Waals surface area (Å²) in [6, 6.07) is 3.80. The topological polar surface area (TPSA) is 80.4 Å². The van der Waals surface area contributed by atoms with E-state index < -0.39 is 16.4 Å². The van der Waals surface area contributed by atoms with Gasteiger partial charge in [-0.25, -0.2) is 0 Å². The van der Waals surface area contributed by atoms with Crippen LogP contribution in [-0.4, -0.2) is 16.3 Å². The van der Waals surface area contributed by atoms with E-state index in [1.807, 2.05) is 0 Å². The van der Waals surface area contributed by atoms with Crippen molar-refractivity contribution in [2.45, 2.75) is 6.42 Å². The maximum absolute atomic E-state index is 10.4. The highest BCUT2D eigenvalue weighted by Crippen LogP contribution is 2.25. The molecule has 0 unspecified atom stereocenters. The second-order valence-electron chi connectivity index (χ2n) is 2.63. The van der Waals surface area contributed by atoms with Crippen LogP contribution in [0.1, 0.15) is 12.0 Å². The molecule has 1 N–H and O–H groups in total. The summed E-state index contributed by atoms with van der Waals surface area (Å²) in [5, 5.41) is 19.6. The maximum atomic E-state index is 10.4. The van der Waals surface area contributed by atoms with Crippen LogP contribution in [0.5, 0.6) is 5.75 Å². The molecule has 0 aromatic heterocycles. The summed E-state index contributed by atoms with van der Waals surface area (Å²) in [4.78, 5) is 19.7. The van der Waals surface area contributed by atoms with Crippen LogP contribution in [-0.2, 0) is 4.79 Å². The number of benzene rings is 1. The molecule has 0 atom stereocenters. The minimum absolute atomic E-state index is 0.0780. The van der Waals surface area contributed by atoms with E-state index in [9.17, 15) is 14.9 Å². The number of carbonyl (C=O) groups is 1. The van der Waals surface area contributed by atoms with E-state index in [0.717, 1.165) is 6.07 Å². The minimum Gasteiger partial charge on any atom is -0.502 e. The molecule has 1 rings (SSSR count). The van der Waals surface area contributed by atoms with Gasteiger partial charge in [0.05, 0.1) is 11.3 Å². The Balaban J connectivity index is 3.04. The lowest BCUT2D eigenvalue weighted by Gasteiger charge is -1.95. The van der Waals surface area contributed by atoms with Gasteiger partial charge >= 0.3 is 5.69 Å². The smallest absolute Gasteiger partial charge is 0.311 e. The van der Waals surface area contributed by atoms with Crippen LogP contribution in [0.2, 0.25) is 0 Å². The summed E-state index contributed by atoms with van der Waals surface area (Å²) < 4.78 is 0. The molecule has 0 spiro atoms. The molecule has 0 bridgehead atoms. The first-order chi connectivity index (χ1) is 7.15. The molecule has 0 aliphatic carbocycles. The molecule has 5 nitrogen and oxygen atoms in total. The third-order valence-electron chi connectivity index (χ3n) is 1.59. The summed E-state index contributed by atoms with van der Waals surface area (Å²) >= 11 is 0. The fourth-order valence-corrected chi connectivity index (χ4v) is 0.942. The molecule has 1 aromatic rings. The summed E-state index contributed by atoms with van der Waals surface area (Å²) in [6.07, 6.45) is 0.719. The second-order valence-corrected chi connectivity index (χ2v) is 2.63. The van der Waals surface area contributed by atoms with Crippen LogP contribution in [0.25, 0.3) is 0 Å². The first-order valence-corrected chi connectivity index (χ1v) is 4.05. The van der Waals surface area contributed by atoms with Crippen molar-refractivity contribution in [1.29, 1.82) is 0 Å². The number of aromatic hydroxyl groups is 1. The van der Waals surface area contributed by atoms with Crippen LogP contribution in [0.4, 0.5) is 5.69 Å². The largest absolute Gasteiger partial charge is 0.502 e. The summed E-state index contributed by atoms with van der Waals surface area (Å²) in [7, 11) is 0. The first kappa shape index (κ1) is 10.7. The number of rotatable bonds is 2. The molecule has 0 saturated heterocycles. The van der Waals surface area contributed by atoms with Gasteiger partial charge in [0.2, 0.25) is 0 Å². The zero-order valence-corrected chi connectivity index (χ0v) is 7.64. The molecule has 0 heterocycles. The maximum Gasteiger partial charge on any atom is 0.311 e. The highest BCUT2D eigenvalue weighted by Gasteiger charge is 2.12. The zero-order valence-electron chi connectivity index (χ0n) is 7.64. The monoisotopic (exact) mass is 205 g/mol. The molecule has 0 amide bonds. The number of phenols is 1. The van der Waals surface area contributed by atoms with E-state index in [2.05, 4.69) is 11.8 Å². The van der Waals surface area contributed by atoms with E-state index >= 15 is 0 Å². The Morgan fingerprint density at radius 3 is 2.87 bits per heavy atom. The van der Waals surface area contributed by atoms with E-state index in [1.54, 1.807) is 0 Å². The van der Waals surface area contributed by atoms with E-state index in [-0.39, 0.29) is 6.42 Å². The summed E-state index contributed by atoms with van der Waals surface area (Å²) in [6.45, 7) is 0. The van der Waals surface area contributed by atoms with Crippen molar-refractivity contribution < 1.29 is 14.8 Å². The van der Waals surface area contributed by atoms with E-state index in [4.69, 9.17) is 5.11 Å². The quantitative estimate of drug-likeness (QED) is 0.341. The van der Waals surface area contributed by atoms with Gasteiger partial charge in [0, 0.05) is 11.6 Å². The lowest BCUT2D eigenvalue weighted by atomic mass is 10.2. The second kappa shape index (κ2) is 4.77. The number of hydrogen-bond acceptors (Lipinski definition) is 4. The molecule has 76 valence electrons. The van der Waals surface area contributed by atoms with Crippen molar-refractivity contribution in [2.75, 3.05) is 0 Å². The van der Waals surface area contributed by atoms with Crippen LogP contribution >= 0.6 is 0 Å². The van der Waals surface area contributed by atoms with Crippen molar-refractivity contribution in [1.82, 2.24) is 0 Å². The number of hydrogen-bond donors (Lipinski definition) is 1. The summed E-state index contributed by atoms with van der Waals surface area (Å²) in [5.74, 6) is 4.68. The number of carbonyl (C=O) groups excluding carboxylic acids is 1. The average molecular weight is 205 g/mol. The van der Waals surface area contributed by atoms with Gasteiger partial charge in [0.1, 0.15) is 6.29 Å². The number of nitro benzene ring substituents is 1. The fraction of sp³-hybridized carbons (Fsp3) is 0.100. The molecular weight excluding hydrogens is 198 g/mol. The van der Waals surface area contributed by atoms with Crippen molar-refractivity contribution in [3.63, 3.8) is 0 Å². The molecule has 0 aliphatic heterocycles. The van der Waals surface area contributed by atoms with Crippen LogP contribution in [0, 0.1) is 22.0 Å². The number of aldehydes is 1. The number of nitrogens with zero attached hydrogens (tertiary/aromatic N) is 1. The highest BCUT2D eigenvalue weighted by atomic mass is 16.6. The molecular formula is C10H7NO4. The molecule has 0 fully saturated rings. The minimum atomic E-state index is -0.694. The van der Waals surface area contributed by atoms with Crippen molar-refractivity contribution in [2.24, 2.45) is 0 Å². The first-order valence-electron chi connectivity index (χ1n) is 4.05. The van der Waals surface area contributed by atoms with Crippen molar-refractivity contribution in [3.8, 4) is 17.6 Å². The van der Waals surface area contributed by atoms with E-state index in [1.165, 1.54) is 12.1 Å². The molecule has 15 heavy (non-hydrogen) atoms. The molecule has 1 aromatic carbocycles. The highest BCUT2D eigenvalue weighted by molar-refractivity contribution is 5.56. The number of nitro groups is 1. The molecule has 0 aliphatic rings. The van der Waals surface area contributed by atoms with Gasteiger partial charge < -0.3 is 9.90 Å². The SMILES string of the molecule is O=CCC#Cc1ccc(O)c([N+](=O)[O-])c1. The Bertz CT molecular complexity index is 456. The van der Waals surface area contributed by atoms with Gasteiger partial charge in [-0.15, -0.1) is 0 Å². The Hall–Kier alpha value is -2.35. The van der Waals surface area contributed by atoms with Crippen molar-refractivity contribution in [3.05, 3.63) is 33.9 Å². The Labute approximate surface area is 85.5 Å². The Morgan fingerprint density at radius 1 is 1.53 bits per heavy atom. The lowest BCUT2D eigenvalue weighted by Crippen LogP contribution is -1.89. The predicted molar refractivity (Wildman–Crippen MR) is 52.3 cm³/mol. The predicted octanol–water partition coefficient (Wildman–Crippen LogP) is 1.24. The van der Waals surface area contributed by atoms with Gasteiger partial charge in [-0.2, -0.15) is 0 Å². The lowest BCUT2D eigenvalue weighted by molar-refractivity contribution is -0.385. The summed E-state index contributed by atoms with van der Waals surface area (Å²) in [5.41, 5.74) is -0.00532. The Kier molecular flexibility index (Phi) is 3.41. The van der Waals surface area contributed by atoms with Gasteiger partial charge in [-0.1, -0.05) is 11.8 Å². The third kappa shape index (κ3) is 2.81. The molecule has 0 saturated carbocycles. The van der Waals surface area contributed by atoms with Gasteiger partial charge in [0.15, 0.2) is 5.75 Å². The van der Waals surface area contributed by atoms with Crippen molar-refractivity contribution >= 4 is 12.0 Å². The third-order valence-corrected chi connectivity index (χ3v) is 1.59. The zero-order chi connectivity index (χ0) is 11.3. The van der Waals surface area contributed by atoms with Crippen LogP contribution in [0.3, 0.4) is 0 Å². The Morgan fingerprint density at radius 2 is 2.27 bits per heavy atom. The molecule has 5 heteroatoms. The molecule has 0 radical (unpaired) electrons. The van der Waals surface area contributed by atoms with Gasteiger partial charge in [0.25, 0.3) is 0 Å². The van der Waals surface area contributed by atoms with Gasteiger partial charge in [-0.3, -0.25) is 10.1 Å². The normalized spacial score (nSPS) is 8.80. The fourth-order valence-electron chi connectivity index (χ4n) is 0.942. The van der Waals surface area contributed by atoms with Gasteiger partial charge in [-0.05, 0) is 12.1 Å².